The number of aliphatic imine (C=N–C) groups is 1. The Morgan fingerprint density at radius 3 is 2.34 bits per heavy atom. The molecule has 1 amide bonds. The minimum atomic E-state index is -0.0715. The second kappa shape index (κ2) is 12.9. The van der Waals surface area contributed by atoms with Crippen molar-refractivity contribution in [1.82, 2.24) is 10.6 Å². The van der Waals surface area contributed by atoms with Gasteiger partial charge in [-0.1, -0.05) is 12.1 Å². The number of benzene rings is 2. The Morgan fingerprint density at radius 1 is 1.03 bits per heavy atom. The predicted molar refractivity (Wildman–Crippen MR) is 128 cm³/mol. The van der Waals surface area contributed by atoms with Crippen molar-refractivity contribution in [3.05, 3.63) is 53.6 Å². The molecule has 0 aliphatic carbocycles. The van der Waals surface area contributed by atoms with E-state index < -0.39 is 0 Å². The summed E-state index contributed by atoms with van der Waals surface area (Å²) in [6.07, 6.45) is 0.840. The van der Waals surface area contributed by atoms with Crippen LogP contribution in [0.15, 0.2) is 47.5 Å². The van der Waals surface area contributed by atoms with Crippen LogP contribution in [0.2, 0.25) is 0 Å². The maximum Gasteiger partial charge on any atom is 0.221 e. The molecule has 29 heavy (non-hydrogen) atoms. The maximum atomic E-state index is 11.1. The van der Waals surface area contributed by atoms with Gasteiger partial charge in [0.2, 0.25) is 5.91 Å². The molecule has 0 fully saturated rings. The van der Waals surface area contributed by atoms with Crippen LogP contribution in [0.4, 0.5) is 5.69 Å². The van der Waals surface area contributed by atoms with Crippen LogP contribution in [0, 0.1) is 0 Å². The molecule has 0 aliphatic rings. The number of nitrogens with one attached hydrogen (secondary N) is 3. The van der Waals surface area contributed by atoms with Gasteiger partial charge in [0.25, 0.3) is 0 Å². The van der Waals surface area contributed by atoms with E-state index in [1.54, 1.807) is 21.3 Å². The van der Waals surface area contributed by atoms with Gasteiger partial charge in [-0.3, -0.25) is 9.79 Å². The van der Waals surface area contributed by atoms with Crippen molar-refractivity contribution in [3.8, 4) is 11.5 Å². The van der Waals surface area contributed by atoms with E-state index in [1.807, 2.05) is 42.5 Å². The molecule has 0 saturated heterocycles. The number of hydrogen-bond donors (Lipinski definition) is 3. The Labute approximate surface area is 189 Å². The van der Waals surface area contributed by atoms with Crippen LogP contribution in [-0.2, 0) is 17.8 Å². The van der Waals surface area contributed by atoms with E-state index in [9.17, 15) is 4.79 Å². The summed E-state index contributed by atoms with van der Waals surface area (Å²) in [7, 11) is 5.01. The largest absolute Gasteiger partial charge is 0.497 e. The predicted octanol–water partition coefficient (Wildman–Crippen LogP) is 3.19. The Balaban J connectivity index is 0.00000420. The maximum absolute atomic E-state index is 11.1. The molecule has 0 heterocycles. The average Bonchev–Trinajstić information content (AvgIpc) is 2.71. The minimum absolute atomic E-state index is 0. The lowest BCUT2D eigenvalue weighted by Gasteiger charge is -2.14. The average molecular weight is 512 g/mol. The number of anilines is 1. The summed E-state index contributed by atoms with van der Waals surface area (Å²) in [6, 6.07) is 13.5. The molecule has 0 spiro atoms. The first-order valence-electron chi connectivity index (χ1n) is 9.07. The summed E-state index contributed by atoms with van der Waals surface area (Å²) in [5.41, 5.74) is 2.99. The van der Waals surface area contributed by atoms with E-state index in [0.717, 1.165) is 35.7 Å². The Kier molecular flexibility index (Phi) is 10.9. The van der Waals surface area contributed by atoms with Crippen LogP contribution >= 0.6 is 24.0 Å². The number of carbonyl (C=O) groups excluding carboxylic acids is 1. The van der Waals surface area contributed by atoms with E-state index >= 15 is 0 Å². The number of carbonyl (C=O) groups is 1. The minimum Gasteiger partial charge on any atom is -0.497 e. The molecule has 2 rings (SSSR count). The number of hydrogen-bond acceptors (Lipinski definition) is 4. The van der Waals surface area contributed by atoms with E-state index in [-0.39, 0.29) is 29.9 Å². The van der Waals surface area contributed by atoms with Crippen LogP contribution in [0.25, 0.3) is 0 Å². The summed E-state index contributed by atoms with van der Waals surface area (Å²) in [6.45, 7) is 2.81. The van der Waals surface area contributed by atoms with Crippen LogP contribution in [-0.4, -0.2) is 39.7 Å². The zero-order valence-corrected chi connectivity index (χ0v) is 19.6. The van der Waals surface area contributed by atoms with Crippen molar-refractivity contribution >= 4 is 41.5 Å². The van der Waals surface area contributed by atoms with Crippen molar-refractivity contribution in [2.24, 2.45) is 4.99 Å². The highest BCUT2D eigenvalue weighted by Crippen LogP contribution is 2.24. The van der Waals surface area contributed by atoms with Crippen LogP contribution < -0.4 is 25.4 Å². The standard InChI is InChI=1S/C21H28N4O3.HI/c1-15(26)25-18-8-5-16(6-9-18)11-12-23-21(22-2)24-14-17-7-10-19(27-3)13-20(17)28-4;/h5-10,13H,11-12,14H2,1-4H3,(H,25,26)(H2,22,23,24);1H. The van der Waals surface area contributed by atoms with Gasteiger partial charge < -0.3 is 25.4 Å². The van der Waals surface area contributed by atoms with E-state index in [2.05, 4.69) is 20.9 Å². The first kappa shape index (κ1) is 24.5. The quantitative estimate of drug-likeness (QED) is 0.288. The van der Waals surface area contributed by atoms with Gasteiger partial charge in [-0.2, -0.15) is 0 Å². The third-order valence-electron chi connectivity index (χ3n) is 4.14. The van der Waals surface area contributed by atoms with Gasteiger partial charge in [-0.25, -0.2) is 0 Å². The Hall–Kier alpha value is -2.49. The fraction of sp³-hybridized carbons (Fsp3) is 0.333. The van der Waals surface area contributed by atoms with Crippen LogP contribution in [0.3, 0.4) is 0 Å². The molecule has 3 N–H and O–H groups in total. The van der Waals surface area contributed by atoms with Gasteiger partial charge in [0, 0.05) is 44.4 Å². The molecule has 2 aromatic carbocycles. The summed E-state index contributed by atoms with van der Waals surface area (Å²) in [5.74, 6) is 2.17. The lowest BCUT2D eigenvalue weighted by molar-refractivity contribution is -0.114. The second-order valence-corrected chi connectivity index (χ2v) is 6.16. The van der Waals surface area contributed by atoms with Gasteiger partial charge in [-0.05, 0) is 36.2 Å². The van der Waals surface area contributed by atoms with Crippen LogP contribution in [0.5, 0.6) is 11.5 Å². The number of ether oxygens (including phenoxy) is 2. The molecule has 0 aromatic heterocycles. The number of halogens is 1. The van der Waals surface area contributed by atoms with Crippen LogP contribution in [0.1, 0.15) is 18.1 Å². The highest BCUT2D eigenvalue weighted by molar-refractivity contribution is 14.0. The molecule has 0 aliphatic heterocycles. The fourth-order valence-electron chi connectivity index (χ4n) is 2.68. The van der Waals surface area contributed by atoms with Gasteiger partial charge in [0.15, 0.2) is 5.96 Å². The van der Waals surface area contributed by atoms with Crippen molar-refractivity contribution in [2.45, 2.75) is 19.9 Å². The number of guanidine groups is 1. The highest BCUT2D eigenvalue weighted by atomic mass is 127. The van der Waals surface area contributed by atoms with Gasteiger partial charge >= 0.3 is 0 Å². The van der Waals surface area contributed by atoms with E-state index in [4.69, 9.17) is 9.47 Å². The third-order valence-corrected chi connectivity index (χ3v) is 4.14. The van der Waals surface area contributed by atoms with Crippen molar-refractivity contribution in [3.63, 3.8) is 0 Å². The van der Waals surface area contributed by atoms with E-state index in [0.29, 0.717) is 12.5 Å². The summed E-state index contributed by atoms with van der Waals surface area (Å²) in [4.78, 5) is 15.3. The van der Waals surface area contributed by atoms with Crippen molar-refractivity contribution in [1.29, 1.82) is 0 Å². The molecule has 0 radical (unpaired) electrons. The van der Waals surface area contributed by atoms with Gasteiger partial charge in [0.05, 0.1) is 14.2 Å². The van der Waals surface area contributed by atoms with Gasteiger partial charge in [0.1, 0.15) is 11.5 Å². The SMILES string of the molecule is CN=C(NCCc1ccc(NC(C)=O)cc1)NCc1ccc(OC)cc1OC.I. The first-order chi connectivity index (χ1) is 13.5. The fourth-order valence-corrected chi connectivity index (χ4v) is 2.68. The first-order valence-corrected chi connectivity index (χ1v) is 9.07. The third kappa shape index (κ3) is 8.18. The van der Waals surface area contributed by atoms with E-state index in [1.165, 1.54) is 12.5 Å². The molecule has 0 unspecified atom stereocenters. The lowest BCUT2D eigenvalue weighted by Crippen LogP contribution is -2.37. The van der Waals surface area contributed by atoms with Gasteiger partial charge in [-0.15, -0.1) is 24.0 Å². The highest BCUT2D eigenvalue weighted by Gasteiger charge is 2.06. The lowest BCUT2D eigenvalue weighted by atomic mass is 10.1. The summed E-state index contributed by atoms with van der Waals surface area (Å²) < 4.78 is 10.6. The van der Waals surface area contributed by atoms with Crippen molar-refractivity contribution < 1.29 is 14.3 Å². The second-order valence-electron chi connectivity index (χ2n) is 6.16. The monoisotopic (exact) mass is 512 g/mol. The zero-order chi connectivity index (χ0) is 20.4. The molecule has 0 atom stereocenters. The molecule has 8 heteroatoms. The zero-order valence-electron chi connectivity index (χ0n) is 17.2. The summed E-state index contributed by atoms with van der Waals surface area (Å²) >= 11 is 0. The number of rotatable bonds is 8. The molecule has 0 saturated carbocycles. The molecule has 158 valence electrons. The van der Waals surface area contributed by atoms with Crippen molar-refractivity contribution in [2.75, 3.05) is 33.1 Å². The number of methoxy groups -OCH3 is 2. The Bertz CT molecular complexity index is 810. The topological polar surface area (TPSA) is 84.0 Å². The normalized spacial score (nSPS) is 10.6. The molecule has 2 aromatic rings. The molecular formula is C21H29IN4O3. The molecule has 0 bridgehead atoms. The summed E-state index contributed by atoms with van der Waals surface area (Å²) in [5, 5.41) is 9.35. The smallest absolute Gasteiger partial charge is 0.221 e. The molecule has 7 nitrogen and oxygen atoms in total. The number of amides is 1. The number of nitrogens with zero attached hydrogens (tertiary/aromatic N) is 1. The Morgan fingerprint density at radius 2 is 1.76 bits per heavy atom. The molecular weight excluding hydrogens is 483 g/mol.